The first-order valence-corrected chi connectivity index (χ1v) is 5.22. The molecule has 1 aromatic rings. The van der Waals surface area contributed by atoms with Gasteiger partial charge in [-0.25, -0.2) is 0 Å². The molecule has 0 bridgehead atoms. The summed E-state index contributed by atoms with van der Waals surface area (Å²) >= 11 is 0. The van der Waals surface area contributed by atoms with Crippen LogP contribution in [0.1, 0.15) is 18.1 Å². The van der Waals surface area contributed by atoms with E-state index >= 15 is 0 Å². The van der Waals surface area contributed by atoms with Gasteiger partial charge in [-0.15, -0.1) is 0 Å². The maximum Gasteiger partial charge on any atom is 0.0934 e. The number of methoxy groups -OCH3 is 1. The molecule has 0 aliphatic rings. The van der Waals surface area contributed by atoms with Crippen LogP contribution in [0.15, 0.2) is 30.3 Å². The molecule has 88 valence electrons. The van der Waals surface area contributed by atoms with Crippen LogP contribution in [0.5, 0.6) is 0 Å². The topological polar surface area (TPSA) is 68.3 Å². The minimum atomic E-state index is -0.158. The van der Waals surface area contributed by atoms with Crippen molar-refractivity contribution < 1.29 is 9.47 Å². The fourth-order valence-corrected chi connectivity index (χ4v) is 1.41. The Morgan fingerprint density at radius 2 is 2.00 bits per heavy atom. The van der Waals surface area contributed by atoms with Gasteiger partial charge in [-0.2, -0.15) is 0 Å². The van der Waals surface area contributed by atoms with E-state index in [1.54, 1.807) is 7.11 Å². The molecule has 1 rings (SSSR count). The molecule has 4 nitrogen and oxygen atoms in total. The SMILES string of the molecule is COCCOC(CC(=N)N)c1ccccc1. The third-order valence-corrected chi connectivity index (χ3v) is 2.18. The molecule has 4 heteroatoms. The van der Waals surface area contributed by atoms with E-state index in [1.807, 2.05) is 30.3 Å². The summed E-state index contributed by atoms with van der Waals surface area (Å²) in [7, 11) is 1.63. The van der Waals surface area contributed by atoms with Crippen molar-refractivity contribution in [3.05, 3.63) is 35.9 Å². The molecule has 1 aromatic carbocycles. The monoisotopic (exact) mass is 222 g/mol. The minimum absolute atomic E-state index is 0.131. The summed E-state index contributed by atoms with van der Waals surface area (Å²) in [6, 6.07) is 9.79. The summed E-state index contributed by atoms with van der Waals surface area (Å²) in [4.78, 5) is 0. The van der Waals surface area contributed by atoms with Crippen LogP contribution in [0.2, 0.25) is 0 Å². The number of nitrogens with one attached hydrogen (secondary N) is 1. The number of ether oxygens (including phenoxy) is 2. The van der Waals surface area contributed by atoms with Gasteiger partial charge in [-0.1, -0.05) is 30.3 Å². The van der Waals surface area contributed by atoms with E-state index in [9.17, 15) is 0 Å². The maximum atomic E-state index is 7.32. The van der Waals surface area contributed by atoms with Crippen LogP contribution in [-0.4, -0.2) is 26.2 Å². The highest BCUT2D eigenvalue weighted by Crippen LogP contribution is 2.20. The largest absolute Gasteiger partial charge is 0.388 e. The third-order valence-electron chi connectivity index (χ3n) is 2.18. The number of amidine groups is 1. The molecular weight excluding hydrogens is 204 g/mol. The number of rotatable bonds is 7. The van der Waals surface area contributed by atoms with Crippen LogP contribution in [0.4, 0.5) is 0 Å². The Labute approximate surface area is 95.9 Å². The zero-order valence-corrected chi connectivity index (χ0v) is 9.48. The van der Waals surface area contributed by atoms with Gasteiger partial charge in [0.05, 0.1) is 25.2 Å². The van der Waals surface area contributed by atoms with E-state index in [0.29, 0.717) is 19.6 Å². The van der Waals surface area contributed by atoms with Gasteiger partial charge in [0, 0.05) is 13.5 Å². The van der Waals surface area contributed by atoms with Crippen molar-refractivity contribution in [3.8, 4) is 0 Å². The van der Waals surface area contributed by atoms with Crippen molar-refractivity contribution in [2.24, 2.45) is 5.73 Å². The van der Waals surface area contributed by atoms with E-state index in [2.05, 4.69) is 0 Å². The quantitative estimate of drug-likeness (QED) is 0.419. The van der Waals surface area contributed by atoms with E-state index < -0.39 is 0 Å². The summed E-state index contributed by atoms with van der Waals surface area (Å²) in [5.41, 5.74) is 6.44. The van der Waals surface area contributed by atoms with Crippen LogP contribution in [0, 0.1) is 5.41 Å². The van der Waals surface area contributed by atoms with Crippen molar-refractivity contribution in [1.29, 1.82) is 5.41 Å². The second kappa shape index (κ2) is 6.98. The van der Waals surface area contributed by atoms with Crippen molar-refractivity contribution in [2.75, 3.05) is 20.3 Å². The summed E-state index contributed by atoms with van der Waals surface area (Å²) in [5, 5.41) is 7.32. The maximum absolute atomic E-state index is 7.32. The second-order valence-corrected chi connectivity index (χ2v) is 3.49. The summed E-state index contributed by atoms with van der Waals surface area (Å²) in [6.07, 6.45) is 0.252. The molecule has 16 heavy (non-hydrogen) atoms. The van der Waals surface area contributed by atoms with Crippen LogP contribution >= 0.6 is 0 Å². The highest BCUT2D eigenvalue weighted by molar-refractivity contribution is 5.77. The zero-order chi connectivity index (χ0) is 11.8. The fraction of sp³-hybridized carbons (Fsp3) is 0.417. The molecule has 0 saturated carbocycles. The van der Waals surface area contributed by atoms with Crippen molar-refractivity contribution >= 4 is 5.84 Å². The number of hydrogen-bond donors (Lipinski definition) is 2. The molecule has 0 aliphatic heterocycles. The summed E-state index contributed by atoms with van der Waals surface area (Å²) in [6.45, 7) is 1.05. The molecule has 0 spiro atoms. The highest BCUT2D eigenvalue weighted by Gasteiger charge is 2.12. The minimum Gasteiger partial charge on any atom is -0.388 e. The van der Waals surface area contributed by atoms with Crippen LogP contribution in [0.3, 0.4) is 0 Å². The lowest BCUT2D eigenvalue weighted by atomic mass is 10.1. The van der Waals surface area contributed by atoms with Crippen LogP contribution in [0.25, 0.3) is 0 Å². The first-order valence-electron chi connectivity index (χ1n) is 5.22. The van der Waals surface area contributed by atoms with E-state index in [-0.39, 0.29) is 11.9 Å². The lowest BCUT2D eigenvalue weighted by molar-refractivity contribution is 0.0197. The van der Waals surface area contributed by atoms with E-state index in [1.165, 1.54) is 0 Å². The summed E-state index contributed by atoms with van der Waals surface area (Å²) < 4.78 is 10.6. The third kappa shape index (κ3) is 4.42. The first kappa shape index (κ1) is 12.7. The summed E-state index contributed by atoms with van der Waals surface area (Å²) in [5.74, 6) is 0.131. The Morgan fingerprint density at radius 3 is 2.56 bits per heavy atom. The van der Waals surface area contributed by atoms with Crippen LogP contribution < -0.4 is 5.73 Å². The molecule has 0 fully saturated rings. The molecule has 1 unspecified atom stereocenters. The Hall–Kier alpha value is -1.39. The molecule has 0 radical (unpaired) electrons. The van der Waals surface area contributed by atoms with Gasteiger partial charge in [-0.05, 0) is 5.56 Å². The molecule has 0 amide bonds. The molecule has 3 N–H and O–H groups in total. The molecule has 0 aliphatic carbocycles. The number of benzene rings is 1. The lowest BCUT2D eigenvalue weighted by Crippen LogP contribution is -2.18. The average molecular weight is 222 g/mol. The normalized spacial score (nSPS) is 12.3. The van der Waals surface area contributed by atoms with Gasteiger partial charge in [0.15, 0.2) is 0 Å². The Bertz CT molecular complexity index is 314. The lowest BCUT2D eigenvalue weighted by Gasteiger charge is -2.17. The van der Waals surface area contributed by atoms with Gasteiger partial charge in [-0.3, -0.25) is 5.41 Å². The molecule has 0 aromatic heterocycles. The molecule has 0 heterocycles. The zero-order valence-electron chi connectivity index (χ0n) is 9.48. The second-order valence-electron chi connectivity index (χ2n) is 3.49. The molecule has 0 saturated heterocycles. The Balaban J connectivity index is 2.60. The molecular formula is C12H18N2O2. The van der Waals surface area contributed by atoms with Gasteiger partial charge >= 0.3 is 0 Å². The predicted molar refractivity (Wildman–Crippen MR) is 63.5 cm³/mol. The molecule has 1 atom stereocenters. The van der Waals surface area contributed by atoms with Gasteiger partial charge in [0.2, 0.25) is 0 Å². The predicted octanol–water partition coefficient (Wildman–Crippen LogP) is 1.72. The van der Waals surface area contributed by atoms with Crippen molar-refractivity contribution in [2.45, 2.75) is 12.5 Å². The Morgan fingerprint density at radius 1 is 1.31 bits per heavy atom. The number of nitrogens with two attached hydrogens (primary N) is 1. The van der Waals surface area contributed by atoms with Gasteiger partial charge in [0.25, 0.3) is 0 Å². The van der Waals surface area contributed by atoms with E-state index in [0.717, 1.165) is 5.56 Å². The van der Waals surface area contributed by atoms with Crippen molar-refractivity contribution in [3.63, 3.8) is 0 Å². The average Bonchev–Trinajstić information content (AvgIpc) is 2.29. The highest BCUT2D eigenvalue weighted by atomic mass is 16.5. The van der Waals surface area contributed by atoms with Gasteiger partial charge < -0.3 is 15.2 Å². The first-order chi connectivity index (χ1) is 7.74. The van der Waals surface area contributed by atoms with Crippen LogP contribution in [-0.2, 0) is 9.47 Å². The van der Waals surface area contributed by atoms with Crippen molar-refractivity contribution in [1.82, 2.24) is 0 Å². The smallest absolute Gasteiger partial charge is 0.0934 e. The van der Waals surface area contributed by atoms with Gasteiger partial charge in [0.1, 0.15) is 0 Å². The van der Waals surface area contributed by atoms with E-state index in [4.69, 9.17) is 20.6 Å². The Kier molecular flexibility index (Phi) is 5.53. The fourth-order valence-electron chi connectivity index (χ4n) is 1.41. The number of hydrogen-bond acceptors (Lipinski definition) is 3. The standard InChI is InChI=1S/C12H18N2O2/c1-15-7-8-16-11(9-12(13)14)10-5-3-2-4-6-10/h2-6,11H,7-9H2,1H3,(H3,13,14).